The lowest BCUT2D eigenvalue weighted by molar-refractivity contribution is 0.0694. The molecule has 1 aromatic heterocycles. The first kappa shape index (κ1) is 17.9. The normalized spacial score (nSPS) is 17.0. The van der Waals surface area contributed by atoms with E-state index in [0.29, 0.717) is 37.4 Å². The maximum Gasteiger partial charge on any atom is 0.281 e. The first-order valence-corrected chi connectivity index (χ1v) is 9.18. The zero-order valence-corrected chi connectivity index (χ0v) is 15.0. The van der Waals surface area contributed by atoms with Gasteiger partial charge in [-0.05, 0) is 13.3 Å². The van der Waals surface area contributed by atoms with E-state index in [1.54, 1.807) is 15.8 Å². The predicted octanol–water partition coefficient (Wildman–Crippen LogP) is 0.166. The highest BCUT2D eigenvalue weighted by Gasteiger charge is 2.31. The van der Waals surface area contributed by atoms with Gasteiger partial charge in [0.1, 0.15) is 0 Å². The molecule has 1 aliphatic heterocycles. The number of carbonyl (C=O) groups is 1. The molecule has 1 fully saturated rings. The van der Waals surface area contributed by atoms with Gasteiger partial charge in [-0.3, -0.25) is 9.48 Å². The molecule has 0 unspecified atom stereocenters. The predicted molar refractivity (Wildman–Crippen MR) is 87.3 cm³/mol. The molecule has 0 aromatic carbocycles. The van der Waals surface area contributed by atoms with E-state index in [1.807, 2.05) is 6.92 Å². The van der Waals surface area contributed by atoms with Crippen molar-refractivity contribution in [2.45, 2.75) is 26.8 Å². The quantitative estimate of drug-likeness (QED) is 0.763. The molecular formula is C14H25N5O3S. The lowest BCUT2D eigenvalue weighted by atomic mass is 10.2. The van der Waals surface area contributed by atoms with Crippen LogP contribution in [0.25, 0.3) is 0 Å². The van der Waals surface area contributed by atoms with Crippen LogP contribution in [0.2, 0.25) is 0 Å². The Kier molecular flexibility index (Phi) is 5.43. The number of rotatable bonds is 5. The zero-order chi connectivity index (χ0) is 17.2. The van der Waals surface area contributed by atoms with Crippen LogP contribution in [0.15, 0.2) is 6.20 Å². The highest BCUT2D eigenvalue weighted by molar-refractivity contribution is 7.86. The van der Waals surface area contributed by atoms with Crippen molar-refractivity contribution in [2.75, 3.05) is 40.3 Å². The Bertz CT molecular complexity index is 660. The van der Waals surface area contributed by atoms with Gasteiger partial charge < -0.3 is 4.90 Å². The summed E-state index contributed by atoms with van der Waals surface area (Å²) in [6.07, 6.45) is 2.74. The van der Waals surface area contributed by atoms with E-state index in [-0.39, 0.29) is 5.91 Å². The van der Waals surface area contributed by atoms with E-state index >= 15 is 0 Å². The van der Waals surface area contributed by atoms with Crippen molar-refractivity contribution in [2.24, 2.45) is 0 Å². The summed E-state index contributed by atoms with van der Waals surface area (Å²) in [6.45, 7) is 6.08. The average molecular weight is 343 g/mol. The summed E-state index contributed by atoms with van der Waals surface area (Å²) in [6, 6.07) is 0. The number of aryl methyl sites for hydroxylation is 2. The smallest absolute Gasteiger partial charge is 0.281 e. The monoisotopic (exact) mass is 343 g/mol. The minimum atomic E-state index is -3.41. The van der Waals surface area contributed by atoms with E-state index in [4.69, 9.17) is 0 Å². The van der Waals surface area contributed by atoms with Crippen molar-refractivity contribution >= 4 is 16.1 Å². The highest BCUT2D eigenvalue weighted by atomic mass is 32.2. The van der Waals surface area contributed by atoms with Gasteiger partial charge >= 0.3 is 0 Å². The SMILES string of the molecule is CCCn1cc(C(=O)N2CCN(S(=O)(=O)N(C)C)CC2)c(C)n1. The van der Waals surface area contributed by atoms with Crippen LogP contribution < -0.4 is 0 Å². The summed E-state index contributed by atoms with van der Waals surface area (Å²) >= 11 is 0. The Hall–Kier alpha value is -1.45. The van der Waals surface area contributed by atoms with Gasteiger partial charge in [0.05, 0.1) is 11.3 Å². The summed E-state index contributed by atoms with van der Waals surface area (Å²) in [5, 5.41) is 4.35. The maximum absolute atomic E-state index is 12.6. The second-order valence-corrected chi connectivity index (χ2v) is 8.02. The summed E-state index contributed by atoms with van der Waals surface area (Å²) in [7, 11) is -0.388. The Morgan fingerprint density at radius 2 is 1.87 bits per heavy atom. The molecule has 2 heterocycles. The lowest BCUT2D eigenvalue weighted by Crippen LogP contribution is -2.53. The molecule has 130 valence electrons. The number of piperazine rings is 1. The van der Waals surface area contributed by atoms with Crippen molar-refractivity contribution in [1.82, 2.24) is 23.3 Å². The van der Waals surface area contributed by atoms with Crippen LogP contribution >= 0.6 is 0 Å². The number of hydrogen-bond donors (Lipinski definition) is 0. The molecule has 9 heteroatoms. The summed E-state index contributed by atoms with van der Waals surface area (Å²) in [5.41, 5.74) is 1.31. The highest BCUT2D eigenvalue weighted by Crippen LogP contribution is 2.14. The average Bonchev–Trinajstić information content (AvgIpc) is 2.87. The Balaban J connectivity index is 2.04. The summed E-state index contributed by atoms with van der Waals surface area (Å²) in [4.78, 5) is 14.3. The molecule has 0 aliphatic carbocycles. The van der Waals surface area contributed by atoms with Crippen molar-refractivity contribution in [3.05, 3.63) is 17.5 Å². The number of amides is 1. The molecule has 0 saturated carbocycles. The van der Waals surface area contributed by atoms with Gasteiger partial charge in [-0.1, -0.05) is 6.92 Å². The number of nitrogens with zero attached hydrogens (tertiary/aromatic N) is 5. The number of aromatic nitrogens is 2. The van der Waals surface area contributed by atoms with Crippen LogP contribution in [0.3, 0.4) is 0 Å². The van der Waals surface area contributed by atoms with E-state index in [2.05, 4.69) is 12.0 Å². The van der Waals surface area contributed by atoms with Crippen LogP contribution in [-0.4, -0.2) is 77.9 Å². The molecule has 0 atom stereocenters. The summed E-state index contributed by atoms with van der Waals surface area (Å²) < 4.78 is 28.6. The Labute approximate surface area is 137 Å². The molecule has 0 radical (unpaired) electrons. The van der Waals surface area contributed by atoms with Gasteiger partial charge in [0.25, 0.3) is 16.1 Å². The van der Waals surface area contributed by atoms with E-state index < -0.39 is 10.2 Å². The van der Waals surface area contributed by atoms with E-state index in [1.165, 1.54) is 22.7 Å². The van der Waals surface area contributed by atoms with E-state index in [9.17, 15) is 13.2 Å². The molecule has 0 bridgehead atoms. The first-order valence-electron chi connectivity index (χ1n) is 7.78. The Morgan fingerprint density at radius 3 is 2.39 bits per heavy atom. The summed E-state index contributed by atoms with van der Waals surface area (Å²) in [5.74, 6) is -0.0771. The third kappa shape index (κ3) is 3.73. The first-order chi connectivity index (χ1) is 10.8. The van der Waals surface area contributed by atoms with Gasteiger partial charge in [-0.2, -0.15) is 22.1 Å². The molecule has 23 heavy (non-hydrogen) atoms. The number of carbonyl (C=O) groups excluding carboxylic acids is 1. The largest absolute Gasteiger partial charge is 0.336 e. The molecule has 0 N–H and O–H groups in total. The fraction of sp³-hybridized carbons (Fsp3) is 0.714. The fourth-order valence-corrected chi connectivity index (χ4v) is 3.68. The third-order valence-electron chi connectivity index (χ3n) is 3.94. The van der Waals surface area contributed by atoms with Gasteiger partial charge in [-0.25, -0.2) is 0 Å². The number of hydrogen-bond acceptors (Lipinski definition) is 4. The van der Waals surface area contributed by atoms with Crippen LogP contribution in [0.5, 0.6) is 0 Å². The minimum Gasteiger partial charge on any atom is -0.336 e. The third-order valence-corrected chi connectivity index (χ3v) is 5.88. The van der Waals surface area contributed by atoms with Crippen LogP contribution in [0.4, 0.5) is 0 Å². The van der Waals surface area contributed by atoms with Gasteiger partial charge in [-0.15, -0.1) is 0 Å². The zero-order valence-electron chi connectivity index (χ0n) is 14.2. The van der Waals surface area contributed by atoms with Crippen molar-refractivity contribution in [3.63, 3.8) is 0 Å². The second-order valence-electron chi connectivity index (χ2n) is 5.87. The van der Waals surface area contributed by atoms with Crippen molar-refractivity contribution < 1.29 is 13.2 Å². The molecule has 1 saturated heterocycles. The molecule has 1 aromatic rings. The lowest BCUT2D eigenvalue weighted by Gasteiger charge is -2.35. The van der Waals surface area contributed by atoms with Crippen LogP contribution in [0, 0.1) is 6.92 Å². The molecule has 0 spiro atoms. The fourth-order valence-electron chi connectivity index (χ4n) is 2.59. The minimum absolute atomic E-state index is 0.0771. The topological polar surface area (TPSA) is 78.8 Å². The molecule has 1 aliphatic rings. The molecular weight excluding hydrogens is 318 g/mol. The van der Waals surface area contributed by atoms with Crippen LogP contribution in [-0.2, 0) is 16.8 Å². The van der Waals surface area contributed by atoms with Crippen LogP contribution in [0.1, 0.15) is 29.4 Å². The van der Waals surface area contributed by atoms with Crippen molar-refractivity contribution in [3.8, 4) is 0 Å². The maximum atomic E-state index is 12.6. The Morgan fingerprint density at radius 1 is 1.26 bits per heavy atom. The molecule has 2 rings (SSSR count). The second kappa shape index (κ2) is 6.98. The molecule has 8 nitrogen and oxygen atoms in total. The van der Waals surface area contributed by atoms with Crippen molar-refractivity contribution in [1.29, 1.82) is 0 Å². The van der Waals surface area contributed by atoms with Gasteiger partial charge in [0.15, 0.2) is 0 Å². The van der Waals surface area contributed by atoms with E-state index in [0.717, 1.165) is 13.0 Å². The van der Waals surface area contributed by atoms with Gasteiger partial charge in [0.2, 0.25) is 0 Å². The standard InChI is InChI=1S/C14H25N5O3S/c1-5-6-18-11-13(12(2)15-18)14(20)17-7-9-19(10-8-17)23(21,22)16(3)4/h11H,5-10H2,1-4H3. The van der Waals surface area contributed by atoms with Gasteiger partial charge in [0, 0.05) is 53.0 Å². The molecule has 1 amide bonds.